The van der Waals surface area contributed by atoms with Crippen LogP contribution in [-0.4, -0.2) is 27.9 Å². The SMILES string of the molecule is COC(=O)CCCn1cc(C(C)O)c2ccc(CO)cc21. The Labute approximate surface area is 123 Å². The number of aliphatic hydroxyl groups is 2. The number of nitrogens with zero attached hydrogens (tertiary/aromatic N) is 1. The molecule has 0 bridgehead atoms. The molecule has 1 atom stereocenters. The second kappa shape index (κ2) is 6.74. The summed E-state index contributed by atoms with van der Waals surface area (Å²) in [4.78, 5) is 11.2. The number of methoxy groups -OCH3 is 1. The monoisotopic (exact) mass is 291 g/mol. The molecule has 0 radical (unpaired) electrons. The smallest absolute Gasteiger partial charge is 0.305 e. The molecular formula is C16H21NO4. The molecule has 0 fully saturated rings. The quantitative estimate of drug-likeness (QED) is 0.800. The van der Waals surface area contributed by atoms with Gasteiger partial charge in [-0.15, -0.1) is 0 Å². The predicted molar refractivity (Wildman–Crippen MR) is 79.7 cm³/mol. The number of carbonyl (C=O) groups is 1. The highest BCUT2D eigenvalue weighted by molar-refractivity contribution is 5.85. The molecule has 1 aromatic heterocycles. The topological polar surface area (TPSA) is 71.7 Å². The molecule has 5 heteroatoms. The summed E-state index contributed by atoms with van der Waals surface area (Å²) >= 11 is 0. The van der Waals surface area contributed by atoms with Crippen molar-refractivity contribution in [3.63, 3.8) is 0 Å². The van der Waals surface area contributed by atoms with Gasteiger partial charge >= 0.3 is 5.97 Å². The lowest BCUT2D eigenvalue weighted by atomic mass is 10.1. The Bertz CT molecular complexity index is 630. The van der Waals surface area contributed by atoms with Gasteiger partial charge in [0, 0.05) is 35.6 Å². The molecule has 0 saturated carbocycles. The Morgan fingerprint density at radius 1 is 1.43 bits per heavy atom. The normalized spacial score (nSPS) is 12.6. The van der Waals surface area contributed by atoms with E-state index in [2.05, 4.69) is 4.74 Å². The van der Waals surface area contributed by atoms with Gasteiger partial charge < -0.3 is 19.5 Å². The van der Waals surface area contributed by atoms with E-state index in [1.807, 2.05) is 29.0 Å². The van der Waals surface area contributed by atoms with Gasteiger partial charge in [-0.2, -0.15) is 0 Å². The highest BCUT2D eigenvalue weighted by Gasteiger charge is 2.13. The minimum Gasteiger partial charge on any atom is -0.469 e. The number of aryl methyl sites for hydroxylation is 1. The van der Waals surface area contributed by atoms with Gasteiger partial charge in [0.25, 0.3) is 0 Å². The first-order valence-corrected chi connectivity index (χ1v) is 7.04. The number of aromatic nitrogens is 1. The number of fused-ring (bicyclic) bond motifs is 1. The molecule has 0 aliphatic rings. The number of benzene rings is 1. The number of esters is 1. The van der Waals surface area contributed by atoms with E-state index in [-0.39, 0.29) is 12.6 Å². The van der Waals surface area contributed by atoms with Gasteiger partial charge in [0.05, 0.1) is 19.8 Å². The van der Waals surface area contributed by atoms with Crippen LogP contribution in [0, 0.1) is 0 Å². The lowest BCUT2D eigenvalue weighted by molar-refractivity contribution is -0.140. The van der Waals surface area contributed by atoms with Gasteiger partial charge in [0.1, 0.15) is 0 Å². The van der Waals surface area contributed by atoms with Crippen LogP contribution in [0.2, 0.25) is 0 Å². The third-order valence-electron chi connectivity index (χ3n) is 3.62. The molecule has 0 amide bonds. The molecule has 0 spiro atoms. The van der Waals surface area contributed by atoms with Crippen molar-refractivity contribution in [3.8, 4) is 0 Å². The first-order valence-electron chi connectivity index (χ1n) is 7.04. The first kappa shape index (κ1) is 15.5. The minimum atomic E-state index is -0.561. The summed E-state index contributed by atoms with van der Waals surface area (Å²) < 4.78 is 6.65. The number of ether oxygens (including phenoxy) is 1. The maximum Gasteiger partial charge on any atom is 0.305 e. The molecule has 2 N–H and O–H groups in total. The predicted octanol–water partition coefficient (Wildman–Crippen LogP) is 2.14. The van der Waals surface area contributed by atoms with Crippen LogP contribution in [-0.2, 0) is 22.7 Å². The summed E-state index contributed by atoms with van der Waals surface area (Å²) in [5, 5.41) is 20.1. The van der Waals surface area contributed by atoms with E-state index in [0.717, 1.165) is 22.0 Å². The maximum absolute atomic E-state index is 11.2. The summed E-state index contributed by atoms with van der Waals surface area (Å²) in [5.41, 5.74) is 2.64. The van der Waals surface area contributed by atoms with Crippen LogP contribution in [0.15, 0.2) is 24.4 Å². The standard InChI is InChI=1S/C16H21NO4/c1-11(19)14-9-17(7-3-4-16(20)21-2)15-8-12(10-18)5-6-13(14)15/h5-6,8-9,11,18-19H,3-4,7,10H2,1-2H3. The Morgan fingerprint density at radius 2 is 2.19 bits per heavy atom. The molecule has 5 nitrogen and oxygen atoms in total. The molecule has 1 aromatic carbocycles. The zero-order valence-corrected chi connectivity index (χ0v) is 12.4. The number of rotatable bonds is 6. The van der Waals surface area contributed by atoms with Gasteiger partial charge in [-0.1, -0.05) is 12.1 Å². The van der Waals surface area contributed by atoms with Crippen LogP contribution in [0.25, 0.3) is 10.9 Å². The zero-order valence-electron chi connectivity index (χ0n) is 12.4. The first-order chi connectivity index (χ1) is 10.1. The Kier molecular flexibility index (Phi) is 4.98. The van der Waals surface area contributed by atoms with Crippen molar-refractivity contribution in [1.82, 2.24) is 4.57 Å². The number of carbonyl (C=O) groups excluding carboxylic acids is 1. The summed E-state index contributed by atoms with van der Waals surface area (Å²) in [6, 6.07) is 5.69. The minimum absolute atomic E-state index is 0.0205. The van der Waals surface area contributed by atoms with Crippen LogP contribution >= 0.6 is 0 Å². The van der Waals surface area contributed by atoms with Crippen molar-refractivity contribution in [3.05, 3.63) is 35.5 Å². The number of hydrogen-bond acceptors (Lipinski definition) is 4. The molecule has 0 saturated heterocycles. The van der Waals surface area contributed by atoms with Gasteiger partial charge in [-0.25, -0.2) is 0 Å². The van der Waals surface area contributed by atoms with E-state index in [0.29, 0.717) is 19.4 Å². The van der Waals surface area contributed by atoms with Crippen molar-refractivity contribution in [2.75, 3.05) is 7.11 Å². The second-order valence-electron chi connectivity index (χ2n) is 5.14. The molecule has 0 aliphatic carbocycles. The van der Waals surface area contributed by atoms with Crippen LogP contribution in [0.3, 0.4) is 0 Å². The number of aliphatic hydroxyl groups excluding tert-OH is 2. The Hall–Kier alpha value is -1.85. The second-order valence-corrected chi connectivity index (χ2v) is 5.14. The Morgan fingerprint density at radius 3 is 2.81 bits per heavy atom. The molecule has 1 heterocycles. The third-order valence-corrected chi connectivity index (χ3v) is 3.62. The lowest BCUT2D eigenvalue weighted by Crippen LogP contribution is -2.03. The lowest BCUT2D eigenvalue weighted by Gasteiger charge is -2.06. The summed E-state index contributed by atoms with van der Waals surface area (Å²) in [7, 11) is 1.38. The summed E-state index contributed by atoms with van der Waals surface area (Å²) in [5.74, 6) is -0.224. The van der Waals surface area contributed by atoms with Gasteiger partial charge in [0.2, 0.25) is 0 Å². The van der Waals surface area contributed by atoms with Gasteiger partial charge in [-0.05, 0) is 25.0 Å². The molecular weight excluding hydrogens is 270 g/mol. The van der Waals surface area contributed by atoms with E-state index in [1.54, 1.807) is 6.92 Å². The highest BCUT2D eigenvalue weighted by Crippen LogP contribution is 2.28. The average molecular weight is 291 g/mol. The maximum atomic E-state index is 11.2. The molecule has 1 unspecified atom stereocenters. The van der Waals surface area contributed by atoms with Crippen LogP contribution in [0.5, 0.6) is 0 Å². The fourth-order valence-electron chi connectivity index (χ4n) is 2.48. The number of hydrogen-bond donors (Lipinski definition) is 2. The van der Waals surface area contributed by atoms with E-state index < -0.39 is 6.10 Å². The van der Waals surface area contributed by atoms with Crippen molar-refractivity contribution in [2.45, 2.75) is 39.0 Å². The molecule has 0 aliphatic heterocycles. The largest absolute Gasteiger partial charge is 0.469 e. The van der Waals surface area contributed by atoms with Crippen molar-refractivity contribution in [1.29, 1.82) is 0 Å². The summed E-state index contributed by atoms with van der Waals surface area (Å²) in [6.45, 7) is 2.37. The van der Waals surface area contributed by atoms with Crippen molar-refractivity contribution >= 4 is 16.9 Å². The zero-order chi connectivity index (χ0) is 15.4. The highest BCUT2D eigenvalue weighted by atomic mass is 16.5. The Balaban J connectivity index is 2.30. The van der Waals surface area contributed by atoms with Crippen LogP contribution < -0.4 is 0 Å². The molecule has 2 aromatic rings. The fourth-order valence-corrected chi connectivity index (χ4v) is 2.48. The van der Waals surface area contributed by atoms with E-state index >= 15 is 0 Å². The van der Waals surface area contributed by atoms with Crippen molar-refractivity contribution in [2.24, 2.45) is 0 Å². The molecule has 2 rings (SSSR count). The molecule has 114 valence electrons. The van der Waals surface area contributed by atoms with E-state index in [9.17, 15) is 15.0 Å². The summed E-state index contributed by atoms with van der Waals surface area (Å²) in [6.07, 6.45) is 2.38. The average Bonchev–Trinajstić information content (AvgIpc) is 2.85. The van der Waals surface area contributed by atoms with E-state index in [4.69, 9.17) is 0 Å². The fraction of sp³-hybridized carbons (Fsp3) is 0.438. The van der Waals surface area contributed by atoms with Gasteiger partial charge in [0.15, 0.2) is 0 Å². The molecule has 21 heavy (non-hydrogen) atoms. The van der Waals surface area contributed by atoms with Crippen LogP contribution in [0.4, 0.5) is 0 Å². The van der Waals surface area contributed by atoms with Crippen molar-refractivity contribution < 1.29 is 19.7 Å². The van der Waals surface area contributed by atoms with Gasteiger partial charge in [-0.3, -0.25) is 4.79 Å². The third kappa shape index (κ3) is 3.43. The van der Waals surface area contributed by atoms with E-state index in [1.165, 1.54) is 7.11 Å². The van der Waals surface area contributed by atoms with Crippen LogP contribution in [0.1, 0.15) is 37.0 Å².